The van der Waals surface area contributed by atoms with E-state index < -0.39 is 10.9 Å². The Morgan fingerprint density at radius 2 is 1.71 bits per heavy atom. The van der Waals surface area contributed by atoms with Crippen LogP contribution in [0.2, 0.25) is 0 Å². The summed E-state index contributed by atoms with van der Waals surface area (Å²) in [5, 5.41) is 14.6. The number of aromatic nitrogens is 2. The molecule has 0 spiro atoms. The van der Waals surface area contributed by atoms with Crippen LogP contribution >= 0.6 is 0 Å². The van der Waals surface area contributed by atoms with Crippen LogP contribution in [0.4, 0.5) is 11.4 Å². The van der Waals surface area contributed by atoms with Gasteiger partial charge in [0.2, 0.25) is 0 Å². The topological polar surface area (TPSA) is 99.3 Å². The fourth-order valence-electron chi connectivity index (χ4n) is 4.37. The van der Waals surface area contributed by atoms with Gasteiger partial charge in [0.15, 0.2) is 0 Å². The molecular weight excluding hydrogens is 444 g/mol. The van der Waals surface area contributed by atoms with Crippen molar-refractivity contribution in [3.63, 3.8) is 0 Å². The minimum absolute atomic E-state index is 0.114. The van der Waals surface area contributed by atoms with Crippen LogP contribution in [0.1, 0.15) is 22.1 Å². The molecule has 1 N–H and O–H groups in total. The highest BCUT2D eigenvalue weighted by molar-refractivity contribution is 5.91. The summed E-state index contributed by atoms with van der Waals surface area (Å²) in [6, 6.07) is 28.7. The minimum Gasteiger partial charge on any atom is -0.423 e. The van der Waals surface area contributed by atoms with E-state index in [0.29, 0.717) is 5.75 Å². The van der Waals surface area contributed by atoms with Gasteiger partial charge in [0.05, 0.1) is 21.5 Å². The number of rotatable bonds is 4. The zero-order valence-electron chi connectivity index (χ0n) is 18.3. The van der Waals surface area contributed by atoms with E-state index >= 15 is 0 Å². The first kappa shape index (κ1) is 20.6. The van der Waals surface area contributed by atoms with Gasteiger partial charge in [-0.3, -0.25) is 14.7 Å². The highest BCUT2D eigenvalue weighted by atomic mass is 16.6. The number of carbonyl (C=O) groups excluding carboxylic acids is 1. The van der Waals surface area contributed by atoms with Crippen LogP contribution in [0.25, 0.3) is 22.4 Å². The van der Waals surface area contributed by atoms with E-state index in [1.54, 1.807) is 12.1 Å². The molecule has 8 heteroatoms. The summed E-state index contributed by atoms with van der Waals surface area (Å²) < 4.78 is 7.63. The number of carbonyl (C=O) groups is 1. The third-order valence-corrected chi connectivity index (χ3v) is 6.01. The number of ether oxygens (including phenoxy) is 1. The number of para-hydroxylation sites is 3. The average Bonchev–Trinajstić information content (AvgIpc) is 3.29. The lowest BCUT2D eigenvalue weighted by atomic mass is 10.1. The minimum atomic E-state index is -0.658. The molecule has 8 nitrogen and oxygen atoms in total. The number of non-ortho nitro benzene ring substituents is 1. The van der Waals surface area contributed by atoms with Crippen molar-refractivity contribution in [3.8, 4) is 17.1 Å². The van der Waals surface area contributed by atoms with Crippen LogP contribution in [0.3, 0.4) is 0 Å². The van der Waals surface area contributed by atoms with Gasteiger partial charge in [0.25, 0.3) is 5.69 Å². The highest BCUT2D eigenvalue weighted by Gasteiger charge is 2.28. The molecule has 0 aliphatic carbocycles. The molecule has 5 aromatic rings. The van der Waals surface area contributed by atoms with Crippen molar-refractivity contribution in [2.75, 3.05) is 5.32 Å². The molecule has 1 unspecified atom stereocenters. The van der Waals surface area contributed by atoms with Crippen LogP contribution < -0.4 is 10.1 Å². The molecule has 4 aromatic carbocycles. The maximum Gasteiger partial charge on any atom is 0.343 e. The van der Waals surface area contributed by atoms with E-state index in [1.165, 1.54) is 24.3 Å². The van der Waals surface area contributed by atoms with Gasteiger partial charge in [-0.15, -0.1) is 0 Å². The Hall–Kier alpha value is -4.98. The second kappa shape index (κ2) is 8.11. The lowest BCUT2D eigenvalue weighted by Crippen LogP contribution is -2.24. The first-order valence-electron chi connectivity index (χ1n) is 11.0. The standard InChI is InChI=1S/C27H18N4O4/c32-27(18-6-5-7-19(16-18)31(33)34)35-20-14-12-17(13-15-20)25-28-22-9-2-1-8-21(22)26-29-23-10-3-4-11-24(23)30(25)26/h1-16,25,28H. The maximum atomic E-state index is 12.5. The van der Waals surface area contributed by atoms with Gasteiger partial charge >= 0.3 is 5.97 Å². The lowest BCUT2D eigenvalue weighted by Gasteiger charge is -2.30. The summed E-state index contributed by atoms with van der Waals surface area (Å²) in [4.78, 5) is 27.8. The Kier molecular flexibility index (Phi) is 4.77. The summed E-state index contributed by atoms with van der Waals surface area (Å²) in [5.74, 6) is 0.568. The Labute approximate surface area is 199 Å². The smallest absolute Gasteiger partial charge is 0.343 e. The normalized spacial score (nSPS) is 14.0. The molecule has 0 bridgehead atoms. The zero-order chi connectivity index (χ0) is 23.9. The van der Waals surface area contributed by atoms with Crippen LogP contribution in [0, 0.1) is 10.1 Å². The molecule has 1 aliphatic heterocycles. The number of benzene rings is 4. The number of fused-ring (bicyclic) bond motifs is 5. The lowest BCUT2D eigenvalue weighted by molar-refractivity contribution is -0.384. The monoisotopic (exact) mass is 462 g/mol. The van der Waals surface area contributed by atoms with E-state index in [-0.39, 0.29) is 17.4 Å². The molecule has 6 rings (SSSR count). The Balaban J connectivity index is 1.32. The molecule has 2 heterocycles. The fourth-order valence-corrected chi connectivity index (χ4v) is 4.37. The van der Waals surface area contributed by atoms with E-state index in [4.69, 9.17) is 9.72 Å². The van der Waals surface area contributed by atoms with E-state index in [1.807, 2.05) is 60.7 Å². The molecule has 1 aliphatic rings. The third kappa shape index (κ3) is 3.57. The van der Waals surface area contributed by atoms with E-state index in [0.717, 1.165) is 33.7 Å². The molecule has 170 valence electrons. The van der Waals surface area contributed by atoms with Gasteiger partial charge in [0, 0.05) is 23.4 Å². The molecule has 1 aromatic heterocycles. The second-order valence-corrected chi connectivity index (χ2v) is 8.15. The van der Waals surface area contributed by atoms with E-state index in [9.17, 15) is 14.9 Å². The number of hydrogen-bond donors (Lipinski definition) is 1. The van der Waals surface area contributed by atoms with Crippen molar-refractivity contribution in [2.24, 2.45) is 0 Å². The Bertz CT molecular complexity index is 1610. The molecule has 0 fully saturated rings. The number of nitro benzene ring substituents is 1. The molecule has 1 atom stereocenters. The molecule has 0 amide bonds. The Morgan fingerprint density at radius 3 is 2.54 bits per heavy atom. The molecule has 35 heavy (non-hydrogen) atoms. The number of anilines is 1. The summed E-state index contributed by atoms with van der Waals surface area (Å²) in [5.41, 5.74) is 4.84. The average molecular weight is 462 g/mol. The number of imidazole rings is 1. The molecule has 0 saturated heterocycles. The van der Waals surface area contributed by atoms with Crippen molar-refractivity contribution < 1.29 is 14.5 Å². The zero-order valence-corrected chi connectivity index (χ0v) is 18.3. The van der Waals surface area contributed by atoms with E-state index in [2.05, 4.69) is 9.88 Å². The van der Waals surface area contributed by atoms with Crippen LogP contribution in [-0.4, -0.2) is 20.4 Å². The summed E-state index contributed by atoms with van der Waals surface area (Å²) in [6.07, 6.45) is -0.214. The second-order valence-electron chi connectivity index (χ2n) is 8.15. The van der Waals surface area contributed by atoms with Crippen LogP contribution in [0.15, 0.2) is 97.1 Å². The number of esters is 1. The van der Waals surface area contributed by atoms with Crippen LogP contribution in [0.5, 0.6) is 5.75 Å². The van der Waals surface area contributed by atoms with Gasteiger partial charge < -0.3 is 10.1 Å². The fraction of sp³-hybridized carbons (Fsp3) is 0.0370. The van der Waals surface area contributed by atoms with Gasteiger partial charge in [-0.2, -0.15) is 0 Å². The van der Waals surface area contributed by atoms with Gasteiger partial charge in [-0.25, -0.2) is 9.78 Å². The number of nitro groups is 1. The molecular formula is C27H18N4O4. The number of nitrogens with zero attached hydrogens (tertiary/aromatic N) is 3. The van der Waals surface area contributed by atoms with Crippen molar-refractivity contribution in [1.29, 1.82) is 0 Å². The largest absolute Gasteiger partial charge is 0.423 e. The molecule has 0 saturated carbocycles. The van der Waals surface area contributed by atoms with Crippen molar-refractivity contribution in [2.45, 2.75) is 6.17 Å². The first-order chi connectivity index (χ1) is 17.1. The first-order valence-corrected chi connectivity index (χ1v) is 11.0. The maximum absolute atomic E-state index is 12.5. The van der Waals surface area contributed by atoms with Crippen molar-refractivity contribution in [3.05, 3.63) is 118 Å². The SMILES string of the molecule is O=C(Oc1ccc(C2Nc3ccccc3-c3nc4ccccc4n32)cc1)c1cccc([N+](=O)[O-])c1. The quantitative estimate of drug-likeness (QED) is 0.157. The third-order valence-electron chi connectivity index (χ3n) is 6.01. The predicted octanol–water partition coefficient (Wildman–Crippen LogP) is 5.80. The summed E-state index contributed by atoms with van der Waals surface area (Å²) >= 11 is 0. The van der Waals surface area contributed by atoms with Crippen molar-refractivity contribution in [1.82, 2.24) is 9.55 Å². The van der Waals surface area contributed by atoms with Crippen molar-refractivity contribution >= 4 is 28.4 Å². The summed E-state index contributed by atoms with van der Waals surface area (Å²) in [6.45, 7) is 0. The van der Waals surface area contributed by atoms with Gasteiger partial charge in [-0.1, -0.05) is 42.5 Å². The number of hydrogen-bond acceptors (Lipinski definition) is 6. The predicted molar refractivity (Wildman–Crippen MR) is 131 cm³/mol. The van der Waals surface area contributed by atoms with Gasteiger partial charge in [-0.05, 0) is 48.0 Å². The Morgan fingerprint density at radius 1 is 0.943 bits per heavy atom. The van der Waals surface area contributed by atoms with Gasteiger partial charge in [0.1, 0.15) is 17.7 Å². The van der Waals surface area contributed by atoms with Crippen LogP contribution in [-0.2, 0) is 0 Å². The highest BCUT2D eigenvalue weighted by Crippen LogP contribution is 2.40. The molecule has 0 radical (unpaired) electrons. The number of nitrogens with one attached hydrogen (secondary N) is 1. The summed E-state index contributed by atoms with van der Waals surface area (Å²) in [7, 11) is 0.